The monoisotopic (exact) mass is 216 g/mol. The first-order chi connectivity index (χ1) is 7.06. The Morgan fingerprint density at radius 1 is 1.07 bits per heavy atom. The number of hydrogen-bond acceptors (Lipinski definition) is 5. The predicted octanol–water partition coefficient (Wildman–Crippen LogP) is 0.504. The summed E-state index contributed by atoms with van der Waals surface area (Å²) in [4.78, 5) is 32.5. The molecule has 0 aliphatic rings. The molecular formula is C10H16O5. The summed E-state index contributed by atoms with van der Waals surface area (Å²) in [5.74, 6) is -1.27. The lowest BCUT2D eigenvalue weighted by Gasteiger charge is -2.03. The molecule has 0 rings (SSSR count). The maximum absolute atomic E-state index is 11.0. The van der Waals surface area contributed by atoms with Gasteiger partial charge in [-0.25, -0.2) is 0 Å². The molecular weight excluding hydrogens is 200 g/mol. The van der Waals surface area contributed by atoms with Crippen LogP contribution in [0.4, 0.5) is 0 Å². The SMILES string of the molecule is CCOCCOC(=O)CC(=O)CC(C)=O. The van der Waals surface area contributed by atoms with Crippen LogP contribution in [0.25, 0.3) is 0 Å². The molecule has 0 amide bonds. The fraction of sp³-hybridized carbons (Fsp3) is 0.700. The van der Waals surface area contributed by atoms with E-state index in [2.05, 4.69) is 0 Å². The van der Waals surface area contributed by atoms with Gasteiger partial charge in [0.25, 0.3) is 0 Å². The first kappa shape index (κ1) is 13.8. The van der Waals surface area contributed by atoms with Crippen molar-refractivity contribution in [3.8, 4) is 0 Å². The molecule has 0 aromatic carbocycles. The van der Waals surface area contributed by atoms with E-state index in [1.54, 1.807) is 0 Å². The summed E-state index contributed by atoms with van der Waals surface area (Å²) in [7, 11) is 0. The lowest BCUT2D eigenvalue weighted by Crippen LogP contribution is -2.15. The second kappa shape index (κ2) is 8.11. The van der Waals surface area contributed by atoms with Crippen molar-refractivity contribution in [2.24, 2.45) is 0 Å². The Labute approximate surface area is 88.7 Å². The Bertz CT molecular complexity index is 234. The van der Waals surface area contributed by atoms with Crippen LogP contribution in [0.15, 0.2) is 0 Å². The Morgan fingerprint density at radius 3 is 2.27 bits per heavy atom. The molecule has 5 heteroatoms. The van der Waals surface area contributed by atoms with Crippen LogP contribution in [0.1, 0.15) is 26.7 Å². The van der Waals surface area contributed by atoms with Crippen LogP contribution in [0.5, 0.6) is 0 Å². The van der Waals surface area contributed by atoms with Gasteiger partial charge in [-0.1, -0.05) is 0 Å². The van der Waals surface area contributed by atoms with Crippen molar-refractivity contribution in [2.45, 2.75) is 26.7 Å². The highest BCUT2D eigenvalue weighted by atomic mass is 16.6. The van der Waals surface area contributed by atoms with Gasteiger partial charge in [0.1, 0.15) is 18.8 Å². The van der Waals surface area contributed by atoms with E-state index in [-0.39, 0.29) is 25.2 Å². The summed E-state index contributed by atoms with van der Waals surface area (Å²) in [6, 6.07) is 0. The number of carbonyl (C=O) groups is 3. The highest BCUT2D eigenvalue weighted by Gasteiger charge is 2.12. The third-order valence-corrected chi connectivity index (χ3v) is 1.48. The van der Waals surface area contributed by atoms with Crippen LogP contribution in [0.3, 0.4) is 0 Å². The summed E-state index contributed by atoms with van der Waals surface area (Å²) in [5.41, 5.74) is 0. The minimum atomic E-state index is -0.610. The molecule has 0 bridgehead atoms. The number of carbonyl (C=O) groups excluding carboxylic acids is 3. The molecule has 0 aliphatic heterocycles. The first-order valence-electron chi connectivity index (χ1n) is 4.80. The molecule has 0 heterocycles. The van der Waals surface area contributed by atoms with E-state index in [1.807, 2.05) is 6.92 Å². The topological polar surface area (TPSA) is 69.7 Å². The van der Waals surface area contributed by atoms with Gasteiger partial charge in [-0.15, -0.1) is 0 Å². The van der Waals surface area contributed by atoms with Gasteiger partial charge in [0.15, 0.2) is 5.78 Å². The maximum Gasteiger partial charge on any atom is 0.313 e. The third-order valence-electron chi connectivity index (χ3n) is 1.48. The molecule has 0 saturated carbocycles. The number of ketones is 2. The van der Waals surface area contributed by atoms with Crippen molar-refractivity contribution in [1.82, 2.24) is 0 Å². The van der Waals surface area contributed by atoms with Crippen molar-refractivity contribution < 1.29 is 23.9 Å². The molecule has 0 unspecified atom stereocenters. The van der Waals surface area contributed by atoms with Crippen molar-refractivity contribution >= 4 is 17.5 Å². The van der Waals surface area contributed by atoms with Crippen LogP contribution in [-0.2, 0) is 23.9 Å². The van der Waals surface area contributed by atoms with E-state index in [0.717, 1.165) is 0 Å². The van der Waals surface area contributed by atoms with Gasteiger partial charge in [0, 0.05) is 6.61 Å². The summed E-state index contributed by atoms with van der Waals surface area (Å²) in [5, 5.41) is 0. The molecule has 0 N–H and O–H groups in total. The van der Waals surface area contributed by atoms with E-state index < -0.39 is 11.8 Å². The summed E-state index contributed by atoms with van der Waals surface area (Å²) < 4.78 is 9.64. The van der Waals surface area contributed by atoms with Crippen molar-refractivity contribution in [1.29, 1.82) is 0 Å². The van der Waals surface area contributed by atoms with E-state index in [9.17, 15) is 14.4 Å². The second-order valence-electron chi connectivity index (χ2n) is 3.01. The fourth-order valence-electron chi connectivity index (χ4n) is 0.911. The minimum Gasteiger partial charge on any atom is -0.463 e. The maximum atomic E-state index is 11.0. The minimum absolute atomic E-state index is 0.139. The zero-order chi connectivity index (χ0) is 11.7. The smallest absolute Gasteiger partial charge is 0.313 e. The lowest BCUT2D eigenvalue weighted by molar-refractivity contribution is -0.147. The van der Waals surface area contributed by atoms with Crippen LogP contribution >= 0.6 is 0 Å². The quantitative estimate of drug-likeness (QED) is 0.336. The van der Waals surface area contributed by atoms with Gasteiger partial charge in [0.2, 0.25) is 0 Å². The predicted molar refractivity (Wildman–Crippen MR) is 52.4 cm³/mol. The lowest BCUT2D eigenvalue weighted by atomic mass is 10.2. The van der Waals surface area contributed by atoms with Gasteiger partial charge in [0.05, 0.1) is 13.0 Å². The number of hydrogen-bond donors (Lipinski definition) is 0. The molecule has 5 nitrogen and oxygen atoms in total. The first-order valence-corrected chi connectivity index (χ1v) is 4.80. The van der Waals surface area contributed by atoms with Crippen LogP contribution in [-0.4, -0.2) is 37.4 Å². The zero-order valence-corrected chi connectivity index (χ0v) is 9.08. The summed E-state index contributed by atoms with van der Waals surface area (Å²) in [6.45, 7) is 4.15. The van der Waals surface area contributed by atoms with E-state index in [0.29, 0.717) is 13.2 Å². The molecule has 0 aromatic heterocycles. The number of esters is 1. The molecule has 15 heavy (non-hydrogen) atoms. The standard InChI is InChI=1S/C10H16O5/c1-3-14-4-5-15-10(13)7-9(12)6-8(2)11/h3-7H2,1-2H3. The molecule has 0 aliphatic carbocycles. The van der Waals surface area contributed by atoms with Crippen molar-refractivity contribution in [3.05, 3.63) is 0 Å². The molecule has 0 atom stereocenters. The van der Waals surface area contributed by atoms with Gasteiger partial charge in [-0.05, 0) is 13.8 Å². The second-order valence-corrected chi connectivity index (χ2v) is 3.01. The molecule has 0 aromatic rings. The van der Waals surface area contributed by atoms with Crippen LogP contribution < -0.4 is 0 Å². The number of rotatable bonds is 8. The van der Waals surface area contributed by atoms with Gasteiger partial charge >= 0.3 is 5.97 Å². The largest absolute Gasteiger partial charge is 0.463 e. The van der Waals surface area contributed by atoms with E-state index in [1.165, 1.54) is 6.92 Å². The number of ether oxygens (including phenoxy) is 2. The normalized spacial score (nSPS) is 9.73. The van der Waals surface area contributed by atoms with E-state index in [4.69, 9.17) is 9.47 Å². The average Bonchev–Trinajstić information content (AvgIpc) is 2.10. The van der Waals surface area contributed by atoms with Gasteiger partial charge in [-0.2, -0.15) is 0 Å². The zero-order valence-electron chi connectivity index (χ0n) is 9.08. The highest BCUT2D eigenvalue weighted by molar-refractivity contribution is 6.04. The van der Waals surface area contributed by atoms with Gasteiger partial charge in [-0.3, -0.25) is 14.4 Å². The van der Waals surface area contributed by atoms with Crippen molar-refractivity contribution in [2.75, 3.05) is 19.8 Å². The Balaban J connectivity index is 3.56. The molecule has 0 spiro atoms. The third kappa shape index (κ3) is 9.08. The highest BCUT2D eigenvalue weighted by Crippen LogP contribution is 1.94. The average molecular weight is 216 g/mol. The Morgan fingerprint density at radius 2 is 1.73 bits per heavy atom. The summed E-state index contributed by atoms with van der Waals surface area (Å²) >= 11 is 0. The van der Waals surface area contributed by atoms with Crippen LogP contribution in [0, 0.1) is 0 Å². The molecule has 0 fully saturated rings. The van der Waals surface area contributed by atoms with Crippen molar-refractivity contribution in [3.63, 3.8) is 0 Å². The Hall–Kier alpha value is -1.23. The van der Waals surface area contributed by atoms with E-state index >= 15 is 0 Å². The fourth-order valence-corrected chi connectivity index (χ4v) is 0.911. The summed E-state index contributed by atoms with van der Waals surface area (Å²) in [6.07, 6.45) is -0.549. The molecule has 0 radical (unpaired) electrons. The molecule has 0 saturated heterocycles. The number of Topliss-reactive ketones (excluding diaryl/α,β-unsaturated/α-hetero) is 2. The van der Waals surface area contributed by atoms with Gasteiger partial charge < -0.3 is 9.47 Å². The molecule has 86 valence electrons. The van der Waals surface area contributed by atoms with Crippen LogP contribution in [0.2, 0.25) is 0 Å². The Kier molecular flexibility index (Phi) is 7.44.